The van der Waals surface area contributed by atoms with Gasteiger partial charge in [-0.2, -0.15) is 0 Å². The largest absolute Gasteiger partial charge is 0.326 e. The van der Waals surface area contributed by atoms with Crippen LogP contribution in [0, 0.1) is 17.3 Å². The normalized spacial score (nSPS) is 46.4. The van der Waals surface area contributed by atoms with Crippen LogP contribution < -0.4 is 0 Å². The average Bonchev–Trinajstić information content (AvgIpc) is 2.12. The lowest BCUT2D eigenvalue weighted by atomic mass is 9.54. The molecule has 3 aliphatic rings. The molecule has 3 atom stereocenters. The van der Waals surface area contributed by atoms with Gasteiger partial charge in [-0.3, -0.25) is 0 Å². The van der Waals surface area contributed by atoms with Crippen molar-refractivity contribution in [1.82, 2.24) is 0 Å². The Morgan fingerprint density at radius 2 is 1.85 bits per heavy atom. The molecule has 1 heteroatoms. The predicted octanol–water partition coefficient (Wildman–Crippen LogP) is 2.52. The second-order valence-corrected chi connectivity index (χ2v) is 6.45. The lowest BCUT2D eigenvalue weighted by Crippen LogP contribution is -2.63. The van der Waals surface area contributed by atoms with Gasteiger partial charge in [-0.05, 0) is 18.3 Å². The standard InChI is InChI=1S/C12H24N/c1-9-6-7-13(4,5)11-8-10(9)12(11,2)3/h9-11H,6-8H2,1-5H3/q+1/t9-,10?,11-/m1/s1. The highest BCUT2D eigenvalue weighted by molar-refractivity contribution is 5.01. The Balaban J connectivity index is 2.28. The molecule has 3 rings (SSSR count). The van der Waals surface area contributed by atoms with Crippen molar-refractivity contribution in [3.63, 3.8) is 0 Å². The van der Waals surface area contributed by atoms with E-state index in [1.54, 1.807) is 0 Å². The van der Waals surface area contributed by atoms with Crippen LogP contribution in [-0.2, 0) is 0 Å². The van der Waals surface area contributed by atoms with E-state index in [2.05, 4.69) is 34.9 Å². The molecule has 2 bridgehead atoms. The molecular formula is C12H24N+. The fourth-order valence-corrected chi connectivity index (χ4v) is 3.98. The monoisotopic (exact) mass is 182 g/mol. The molecular weight excluding hydrogens is 158 g/mol. The van der Waals surface area contributed by atoms with Gasteiger partial charge in [-0.15, -0.1) is 0 Å². The molecule has 0 aromatic rings. The minimum absolute atomic E-state index is 0.597. The zero-order valence-electron chi connectivity index (χ0n) is 9.80. The molecule has 0 radical (unpaired) electrons. The van der Waals surface area contributed by atoms with Crippen LogP contribution in [0.5, 0.6) is 0 Å². The predicted molar refractivity (Wildman–Crippen MR) is 56.4 cm³/mol. The van der Waals surface area contributed by atoms with Gasteiger partial charge < -0.3 is 4.48 Å². The number of fused-ring (bicyclic) bond motifs is 3. The lowest BCUT2D eigenvalue weighted by molar-refractivity contribution is -0.928. The molecule has 1 nitrogen and oxygen atoms in total. The first-order valence-corrected chi connectivity index (χ1v) is 5.68. The molecule has 13 heavy (non-hydrogen) atoms. The Morgan fingerprint density at radius 3 is 2.38 bits per heavy atom. The van der Waals surface area contributed by atoms with E-state index < -0.39 is 0 Å². The summed E-state index contributed by atoms with van der Waals surface area (Å²) in [5, 5.41) is 0. The summed E-state index contributed by atoms with van der Waals surface area (Å²) in [7, 11) is 4.83. The van der Waals surface area contributed by atoms with Gasteiger partial charge >= 0.3 is 0 Å². The van der Waals surface area contributed by atoms with E-state index in [1.807, 2.05) is 0 Å². The smallest absolute Gasteiger partial charge is 0.0943 e. The van der Waals surface area contributed by atoms with Crippen LogP contribution in [-0.4, -0.2) is 31.2 Å². The summed E-state index contributed by atoms with van der Waals surface area (Å²) >= 11 is 0. The van der Waals surface area contributed by atoms with Gasteiger partial charge in [0.05, 0.1) is 26.7 Å². The Labute approximate surface area is 82.7 Å². The lowest BCUT2D eigenvalue weighted by Gasteiger charge is -2.56. The summed E-state index contributed by atoms with van der Waals surface area (Å²) in [6.07, 6.45) is 2.90. The highest BCUT2D eigenvalue weighted by Crippen LogP contribution is 2.56. The van der Waals surface area contributed by atoms with Crippen LogP contribution in [0.2, 0.25) is 0 Å². The molecule has 1 aliphatic carbocycles. The maximum atomic E-state index is 2.48. The van der Waals surface area contributed by atoms with Crippen molar-refractivity contribution < 1.29 is 4.48 Å². The van der Waals surface area contributed by atoms with Crippen LogP contribution in [0.4, 0.5) is 0 Å². The summed E-state index contributed by atoms with van der Waals surface area (Å²) in [6.45, 7) is 8.79. The molecule has 0 spiro atoms. The van der Waals surface area contributed by atoms with Gasteiger partial charge in [-0.1, -0.05) is 20.8 Å². The number of nitrogens with zero attached hydrogens (tertiary/aromatic N) is 1. The maximum Gasteiger partial charge on any atom is 0.0943 e. The average molecular weight is 182 g/mol. The molecule has 1 unspecified atom stereocenters. The van der Waals surface area contributed by atoms with Crippen molar-refractivity contribution in [3.05, 3.63) is 0 Å². The van der Waals surface area contributed by atoms with E-state index in [-0.39, 0.29) is 0 Å². The highest BCUT2D eigenvalue weighted by atomic mass is 15.4. The minimum Gasteiger partial charge on any atom is -0.326 e. The van der Waals surface area contributed by atoms with Crippen LogP contribution >= 0.6 is 0 Å². The third kappa shape index (κ3) is 1.16. The summed E-state index contributed by atoms with van der Waals surface area (Å²) in [5.41, 5.74) is 0.597. The zero-order valence-corrected chi connectivity index (χ0v) is 9.80. The van der Waals surface area contributed by atoms with Gasteiger partial charge in [0.2, 0.25) is 0 Å². The van der Waals surface area contributed by atoms with Crippen molar-refractivity contribution >= 4 is 0 Å². The molecule has 0 aromatic heterocycles. The fraction of sp³-hybridized carbons (Fsp3) is 1.00. The quantitative estimate of drug-likeness (QED) is 0.505. The van der Waals surface area contributed by atoms with E-state index in [1.165, 1.54) is 23.9 Å². The van der Waals surface area contributed by atoms with Crippen LogP contribution in [0.15, 0.2) is 0 Å². The Kier molecular flexibility index (Phi) is 1.83. The van der Waals surface area contributed by atoms with Gasteiger partial charge in [0.15, 0.2) is 0 Å². The number of hydrogen-bond acceptors (Lipinski definition) is 0. The number of quaternary nitrogens is 1. The van der Waals surface area contributed by atoms with Crippen molar-refractivity contribution in [1.29, 1.82) is 0 Å². The number of rotatable bonds is 0. The van der Waals surface area contributed by atoms with Crippen molar-refractivity contribution in [3.8, 4) is 0 Å². The summed E-state index contributed by atoms with van der Waals surface area (Å²) in [5.74, 6) is 1.95. The molecule has 0 N–H and O–H groups in total. The molecule has 2 aliphatic heterocycles. The van der Waals surface area contributed by atoms with E-state index >= 15 is 0 Å². The van der Waals surface area contributed by atoms with Crippen molar-refractivity contribution in [2.24, 2.45) is 17.3 Å². The fourth-order valence-electron chi connectivity index (χ4n) is 3.98. The first kappa shape index (κ1) is 9.51. The molecule has 76 valence electrons. The van der Waals surface area contributed by atoms with E-state index in [4.69, 9.17) is 0 Å². The number of hydrogen-bond donors (Lipinski definition) is 0. The third-order valence-corrected chi connectivity index (χ3v) is 4.98. The molecule has 1 saturated carbocycles. The van der Waals surface area contributed by atoms with E-state index in [9.17, 15) is 0 Å². The minimum atomic E-state index is 0.597. The van der Waals surface area contributed by atoms with Crippen LogP contribution in [0.25, 0.3) is 0 Å². The maximum absolute atomic E-state index is 2.48. The topological polar surface area (TPSA) is 0 Å². The second kappa shape index (κ2) is 2.50. The van der Waals surface area contributed by atoms with E-state index in [0.717, 1.165) is 17.9 Å². The zero-order chi connectivity index (χ0) is 9.85. The summed E-state index contributed by atoms with van der Waals surface area (Å²) < 4.78 is 1.26. The first-order valence-electron chi connectivity index (χ1n) is 5.68. The van der Waals surface area contributed by atoms with Crippen LogP contribution in [0.1, 0.15) is 33.6 Å². The van der Waals surface area contributed by atoms with Gasteiger partial charge in [-0.25, -0.2) is 0 Å². The second-order valence-electron chi connectivity index (χ2n) is 6.45. The first-order chi connectivity index (χ1) is 5.86. The third-order valence-electron chi connectivity index (χ3n) is 4.98. The highest BCUT2D eigenvalue weighted by Gasteiger charge is 2.59. The molecule has 0 aromatic carbocycles. The Bertz CT molecular complexity index is 217. The Morgan fingerprint density at radius 1 is 1.23 bits per heavy atom. The molecule has 2 saturated heterocycles. The van der Waals surface area contributed by atoms with E-state index in [0.29, 0.717) is 5.41 Å². The molecule has 0 amide bonds. The Hall–Kier alpha value is -0.0400. The van der Waals surface area contributed by atoms with Gasteiger partial charge in [0, 0.05) is 11.8 Å². The van der Waals surface area contributed by atoms with Gasteiger partial charge in [0.25, 0.3) is 0 Å². The summed E-state index contributed by atoms with van der Waals surface area (Å²) in [6, 6.07) is 0.919. The van der Waals surface area contributed by atoms with Crippen molar-refractivity contribution in [2.45, 2.75) is 39.7 Å². The van der Waals surface area contributed by atoms with Gasteiger partial charge in [0.1, 0.15) is 0 Å². The SMILES string of the molecule is C[C@@H]1CC[N+](C)(C)[C@@H]2CC1C2(C)C. The van der Waals surface area contributed by atoms with Crippen LogP contribution in [0.3, 0.4) is 0 Å². The molecule has 3 fully saturated rings. The molecule has 2 heterocycles. The van der Waals surface area contributed by atoms with Crippen molar-refractivity contribution in [2.75, 3.05) is 20.6 Å². The summed E-state index contributed by atoms with van der Waals surface area (Å²) in [4.78, 5) is 0.